The zero-order chi connectivity index (χ0) is 24.9. The number of carbonyl (C=O) groups excluding carboxylic acids is 2. The Hall–Kier alpha value is -4.19. The summed E-state index contributed by atoms with van der Waals surface area (Å²) in [6.07, 6.45) is 0.713. The number of hydrogen-bond donors (Lipinski definition) is 3. The van der Waals surface area contributed by atoms with Crippen molar-refractivity contribution in [1.82, 2.24) is 14.7 Å². The number of halogens is 1. The van der Waals surface area contributed by atoms with Crippen LogP contribution < -0.4 is 21.1 Å². The second-order valence-corrected chi connectivity index (χ2v) is 7.67. The largest absolute Gasteiger partial charge is 0.501 e. The Morgan fingerprint density at radius 2 is 1.94 bits per heavy atom. The van der Waals surface area contributed by atoms with E-state index in [1.807, 2.05) is 4.90 Å². The maximum absolute atomic E-state index is 13.1. The molecule has 184 valence electrons. The van der Waals surface area contributed by atoms with Crippen molar-refractivity contribution in [3.63, 3.8) is 0 Å². The smallest absolute Gasteiger partial charge is 0.411 e. The molecule has 1 aliphatic rings. The van der Waals surface area contributed by atoms with E-state index in [0.29, 0.717) is 37.6 Å². The van der Waals surface area contributed by atoms with Crippen molar-refractivity contribution in [1.29, 1.82) is 0 Å². The van der Waals surface area contributed by atoms with Crippen molar-refractivity contribution in [2.75, 3.05) is 43.1 Å². The van der Waals surface area contributed by atoms with Gasteiger partial charge in [-0.2, -0.15) is 0 Å². The van der Waals surface area contributed by atoms with Gasteiger partial charge in [0.1, 0.15) is 5.82 Å². The third-order valence-corrected chi connectivity index (χ3v) is 5.36. The molecule has 0 aliphatic carbocycles. The third-order valence-electron chi connectivity index (χ3n) is 5.36. The van der Waals surface area contributed by atoms with Crippen LogP contribution in [0.15, 0.2) is 41.3 Å². The lowest BCUT2D eigenvalue weighted by atomic mass is 10.2. The number of hydrogen-bond acceptors (Lipinski definition) is 8. The Balaban J connectivity index is 1.73. The van der Waals surface area contributed by atoms with Gasteiger partial charge in [-0.25, -0.2) is 14.2 Å². The summed E-state index contributed by atoms with van der Waals surface area (Å²) in [5, 5.41) is 15.6. The molecule has 35 heavy (non-hydrogen) atoms. The third kappa shape index (κ3) is 5.32. The molecule has 3 heterocycles. The highest BCUT2D eigenvalue weighted by Gasteiger charge is 2.23. The van der Waals surface area contributed by atoms with E-state index in [1.54, 1.807) is 13.0 Å². The van der Waals surface area contributed by atoms with Gasteiger partial charge in [-0.15, -0.1) is 0 Å². The van der Waals surface area contributed by atoms with Crippen LogP contribution in [-0.4, -0.2) is 59.4 Å². The second-order valence-electron chi connectivity index (χ2n) is 7.67. The van der Waals surface area contributed by atoms with Crippen LogP contribution in [0.4, 0.5) is 20.6 Å². The van der Waals surface area contributed by atoms with Crippen molar-refractivity contribution in [3.8, 4) is 5.75 Å². The Kier molecular flexibility index (Phi) is 7.11. The number of amides is 2. The average molecular weight is 485 g/mol. The number of ether oxygens (including phenoxy) is 2. The number of benzene rings is 1. The van der Waals surface area contributed by atoms with Gasteiger partial charge in [-0.1, -0.05) is 12.1 Å². The molecule has 1 saturated heterocycles. The van der Waals surface area contributed by atoms with E-state index in [-0.39, 0.29) is 24.5 Å². The van der Waals surface area contributed by atoms with Gasteiger partial charge in [-0.05, 0) is 30.7 Å². The molecule has 4 rings (SSSR count). The molecule has 0 radical (unpaired) electrons. The topological polar surface area (TPSA) is 134 Å². The summed E-state index contributed by atoms with van der Waals surface area (Å²) in [6, 6.07) is 7.10. The van der Waals surface area contributed by atoms with E-state index >= 15 is 0 Å². The fraction of sp³-hybridized carbons (Fsp3) is 0.304. The summed E-state index contributed by atoms with van der Waals surface area (Å²) in [5.74, 6) is -2.08. The molecule has 0 bridgehead atoms. The summed E-state index contributed by atoms with van der Waals surface area (Å²) in [4.78, 5) is 44.1. The van der Waals surface area contributed by atoms with E-state index in [9.17, 15) is 23.9 Å². The number of carbonyl (C=O) groups is 2. The lowest BCUT2D eigenvalue weighted by Gasteiger charge is -2.29. The zero-order valence-electron chi connectivity index (χ0n) is 18.9. The quantitative estimate of drug-likeness (QED) is 0.482. The fourth-order valence-electron chi connectivity index (χ4n) is 3.61. The number of aromatic hydroxyl groups is 1. The van der Waals surface area contributed by atoms with Gasteiger partial charge in [0.2, 0.25) is 5.75 Å². The Morgan fingerprint density at radius 3 is 2.63 bits per heavy atom. The number of rotatable bonds is 6. The van der Waals surface area contributed by atoms with E-state index in [1.165, 1.54) is 30.5 Å². The lowest BCUT2D eigenvalue weighted by molar-refractivity contribution is 0.0942. The molecule has 2 aromatic heterocycles. The van der Waals surface area contributed by atoms with Gasteiger partial charge >= 0.3 is 11.7 Å². The molecule has 1 aromatic carbocycles. The number of nitrogens with one attached hydrogen (secondary N) is 2. The van der Waals surface area contributed by atoms with Crippen LogP contribution in [0.5, 0.6) is 5.75 Å². The minimum Gasteiger partial charge on any atom is -0.501 e. The van der Waals surface area contributed by atoms with Crippen LogP contribution in [0.25, 0.3) is 5.65 Å². The highest BCUT2D eigenvalue weighted by Crippen LogP contribution is 2.25. The monoisotopic (exact) mass is 485 g/mol. The van der Waals surface area contributed by atoms with Crippen LogP contribution in [0.3, 0.4) is 0 Å². The highest BCUT2D eigenvalue weighted by molar-refractivity contribution is 5.97. The minimum atomic E-state index is -0.885. The van der Waals surface area contributed by atoms with Gasteiger partial charge in [0, 0.05) is 25.8 Å². The predicted octanol–water partition coefficient (Wildman–Crippen LogP) is 1.87. The number of nitrogens with zero attached hydrogens (tertiary/aromatic N) is 3. The normalized spacial score (nSPS) is 13.5. The van der Waals surface area contributed by atoms with E-state index in [2.05, 4.69) is 15.6 Å². The van der Waals surface area contributed by atoms with Gasteiger partial charge in [-0.3, -0.25) is 19.3 Å². The SMILES string of the molecule is CCOC(=O)Nc1cc(N2CCOCC2)cn2c(=O)c(O)c(C(=O)NCc3ccc(F)cc3)nc12. The summed E-state index contributed by atoms with van der Waals surface area (Å²) in [6.45, 7) is 3.88. The molecule has 0 atom stereocenters. The molecule has 1 fully saturated rings. The first-order valence-electron chi connectivity index (χ1n) is 11.0. The maximum Gasteiger partial charge on any atom is 0.411 e. The van der Waals surface area contributed by atoms with Crippen LogP contribution in [-0.2, 0) is 16.0 Å². The van der Waals surface area contributed by atoms with Crippen molar-refractivity contribution >= 4 is 29.0 Å². The fourth-order valence-corrected chi connectivity index (χ4v) is 3.61. The summed E-state index contributed by atoms with van der Waals surface area (Å²) in [5.41, 5.74) is -0.130. The van der Waals surface area contributed by atoms with E-state index in [0.717, 1.165) is 4.40 Å². The molecular weight excluding hydrogens is 461 g/mol. The van der Waals surface area contributed by atoms with Crippen molar-refractivity contribution in [3.05, 3.63) is 64.0 Å². The first kappa shape index (κ1) is 24.0. The molecule has 0 saturated carbocycles. The molecule has 0 spiro atoms. The predicted molar refractivity (Wildman–Crippen MR) is 124 cm³/mol. The number of morpholine rings is 1. The van der Waals surface area contributed by atoms with Gasteiger partial charge in [0.25, 0.3) is 5.91 Å². The Bertz CT molecular complexity index is 1300. The van der Waals surface area contributed by atoms with E-state index in [4.69, 9.17) is 9.47 Å². The average Bonchev–Trinajstić information content (AvgIpc) is 2.86. The molecule has 3 N–H and O–H groups in total. The maximum atomic E-state index is 13.1. The molecular formula is C23H24FN5O6. The molecule has 3 aromatic rings. The first-order valence-corrected chi connectivity index (χ1v) is 11.0. The number of pyridine rings is 1. The van der Waals surface area contributed by atoms with Crippen LogP contribution in [0.1, 0.15) is 23.0 Å². The summed E-state index contributed by atoms with van der Waals surface area (Å²) >= 11 is 0. The molecule has 12 heteroatoms. The van der Waals surface area contributed by atoms with E-state index < -0.39 is 34.8 Å². The van der Waals surface area contributed by atoms with Gasteiger partial charge in [0.05, 0.1) is 31.2 Å². The summed E-state index contributed by atoms with van der Waals surface area (Å²) < 4.78 is 24.5. The van der Waals surface area contributed by atoms with Crippen LogP contribution in [0.2, 0.25) is 0 Å². The number of fused-ring (bicyclic) bond motifs is 1. The van der Waals surface area contributed by atoms with Crippen molar-refractivity contribution in [2.24, 2.45) is 0 Å². The van der Waals surface area contributed by atoms with Crippen LogP contribution in [0, 0.1) is 5.82 Å². The highest BCUT2D eigenvalue weighted by atomic mass is 19.1. The second kappa shape index (κ2) is 10.4. The van der Waals surface area contributed by atoms with Crippen molar-refractivity contribution < 1.29 is 28.6 Å². The van der Waals surface area contributed by atoms with Crippen LogP contribution >= 0.6 is 0 Å². The number of anilines is 2. The molecule has 0 unspecified atom stereocenters. The minimum absolute atomic E-state index is 0.0174. The molecule has 1 aliphatic heterocycles. The molecule has 2 amide bonds. The van der Waals surface area contributed by atoms with Crippen molar-refractivity contribution in [2.45, 2.75) is 13.5 Å². The summed E-state index contributed by atoms with van der Waals surface area (Å²) in [7, 11) is 0. The Morgan fingerprint density at radius 1 is 1.23 bits per heavy atom. The first-order chi connectivity index (χ1) is 16.9. The Labute approximate surface area is 199 Å². The molecule has 11 nitrogen and oxygen atoms in total. The number of aromatic nitrogens is 2. The van der Waals surface area contributed by atoms with Gasteiger partial charge < -0.3 is 24.8 Å². The lowest BCUT2D eigenvalue weighted by Crippen LogP contribution is -2.36. The standard InChI is InChI=1S/C23H24FN5O6/c1-2-35-23(33)26-17-11-16(28-7-9-34-10-8-28)13-29-20(17)27-18(19(30)22(29)32)21(31)25-12-14-3-5-15(24)6-4-14/h3-6,11,13,30H,2,7-10,12H2,1H3,(H,25,31)(H,26,33). The zero-order valence-corrected chi connectivity index (χ0v) is 18.9. The van der Waals surface area contributed by atoms with Gasteiger partial charge in [0.15, 0.2) is 11.3 Å².